The fourth-order valence-corrected chi connectivity index (χ4v) is 3.71. The summed E-state index contributed by atoms with van der Waals surface area (Å²) in [7, 11) is 1.62. The molecule has 31 heavy (non-hydrogen) atoms. The molecule has 2 atom stereocenters. The van der Waals surface area contributed by atoms with Crippen LogP contribution >= 0.6 is 0 Å². The van der Waals surface area contributed by atoms with Gasteiger partial charge in [0, 0.05) is 16.8 Å². The third-order valence-electron chi connectivity index (χ3n) is 5.26. The first kappa shape index (κ1) is 20.8. The molecular formula is C25H25FN2O3. The summed E-state index contributed by atoms with van der Waals surface area (Å²) in [6.45, 7) is 2.31. The standard InChI is InChI=1S/C25H25FN2O3/c1-3-31-23-10-6-8-19(24(23)29)22-15-21(16-11-13-17(30-2)14-12-16)27-25(28-22)18-7-4-5-9-20(18)26/h4-15,22,25,27-29H,3H2,1-2H3. The highest BCUT2D eigenvalue weighted by Gasteiger charge is 2.28. The first-order valence-corrected chi connectivity index (χ1v) is 10.2. The second-order valence-corrected chi connectivity index (χ2v) is 7.18. The summed E-state index contributed by atoms with van der Waals surface area (Å²) in [5.74, 6) is 0.931. The molecule has 0 spiro atoms. The van der Waals surface area contributed by atoms with Crippen molar-refractivity contribution < 1.29 is 19.0 Å². The third-order valence-corrected chi connectivity index (χ3v) is 5.26. The zero-order chi connectivity index (χ0) is 21.8. The van der Waals surface area contributed by atoms with Gasteiger partial charge < -0.3 is 19.9 Å². The van der Waals surface area contributed by atoms with Gasteiger partial charge in [0.1, 0.15) is 17.7 Å². The molecule has 0 fully saturated rings. The number of rotatable bonds is 6. The molecule has 3 N–H and O–H groups in total. The van der Waals surface area contributed by atoms with Crippen LogP contribution in [0.5, 0.6) is 17.2 Å². The highest BCUT2D eigenvalue weighted by atomic mass is 19.1. The second-order valence-electron chi connectivity index (χ2n) is 7.18. The van der Waals surface area contributed by atoms with Gasteiger partial charge in [-0.25, -0.2) is 4.39 Å². The van der Waals surface area contributed by atoms with Crippen molar-refractivity contribution >= 4 is 5.70 Å². The van der Waals surface area contributed by atoms with E-state index in [0.717, 1.165) is 17.0 Å². The van der Waals surface area contributed by atoms with E-state index in [1.54, 1.807) is 31.4 Å². The number of phenolic OH excluding ortho intramolecular Hbond substituents is 1. The lowest BCUT2D eigenvalue weighted by molar-refractivity contribution is 0.314. The summed E-state index contributed by atoms with van der Waals surface area (Å²) in [5.41, 5.74) is 2.89. The Kier molecular flexibility index (Phi) is 6.09. The smallest absolute Gasteiger partial charge is 0.162 e. The number of phenols is 1. The van der Waals surface area contributed by atoms with Crippen molar-refractivity contribution in [3.05, 3.63) is 95.3 Å². The van der Waals surface area contributed by atoms with Gasteiger partial charge in [-0.2, -0.15) is 0 Å². The number of hydrogen-bond donors (Lipinski definition) is 3. The Morgan fingerprint density at radius 2 is 1.71 bits per heavy atom. The lowest BCUT2D eigenvalue weighted by Gasteiger charge is -2.33. The van der Waals surface area contributed by atoms with E-state index in [2.05, 4.69) is 10.6 Å². The highest BCUT2D eigenvalue weighted by molar-refractivity contribution is 5.67. The fraction of sp³-hybridized carbons (Fsp3) is 0.200. The number of aromatic hydroxyl groups is 1. The van der Waals surface area contributed by atoms with E-state index < -0.39 is 6.17 Å². The Bertz CT molecular complexity index is 1080. The highest BCUT2D eigenvalue weighted by Crippen LogP contribution is 2.38. The molecule has 0 bridgehead atoms. The molecule has 3 aromatic carbocycles. The second kappa shape index (κ2) is 9.10. The van der Waals surface area contributed by atoms with Gasteiger partial charge >= 0.3 is 0 Å². The predicted molar refractivity (Wildman–Crippen MR) is 118 cm³/mol. The van der Waals surface area contributed by atoms with Crippen molar-refractivity contribution in [2.75, 3.05) is 13.7 Å². The number of nitrogens with one attached hydrogen (secondary N) is 2. The van der Waals surface area contributed by atoms with Gasteiger partial charge in [0.2, 0.25) is 0 Å². The Morgan fingerprint density at radius 1 is 0.968 bits per heavy atom. The fourth-order valence-electron chi connectivity index (χ4n) is 3.71. The van der Waals surface area contributed by atoms with Gasteiger partial charge in [-0.05, 0) is 55.0 Å². The van der Waals surface area contributed by atoms with Gasteiger partial charge in [0.25, 0.3) is 0 Å². The summed E-state index contributed by atoms with van der Waals surface area (Å²) < 4.78 is 25.4. The van der Waals surface area contributed by atoms with E-state index in [9.17, 15) is 9.50 Å². The van der Waals surface area contributed by atoms with Crippen LogP contribution < -0.4 is 20.1 Å². The zero-order valence-electron chi connectivity index (χ0n) is 17.4. The minimum Gasteiger partial charge on any atom is -0.504 e. The average molecular weight is 420 g/mol. The normalized spacial score (nSPS) is 18.1. The van der Waals surface area contributed by atoms with Crippen LogP contribution in [0.4, 0.5) is 4.39 Å². The van der Waals surface area contributed by atoms with E-state index in [1.165, 1.54) is 6.07 Å². The number of methoxy groups -OCH3 is 1. The molecule has 3 aromatic rings. The summed E-state index contributed by atoms with van der Waals surface area (Å²) in [6.07, 6.45) is 1.48. The number of benzene rings is 3. The summed E-state index contributed by atoms with van der Waals surface area (Å²) in [4.78, 5) is 0. The summed E-state index contributed by atoms with van der Waals surface area (Å²) in [6, 6.07) is 19.3. The maximum atomic E-state index is 14.6. The lowest BCUT2D eigenvalue weighted by Crippen LogP contribution is -2.40. The van der Waals surface area contributed by atoms with Crippen molar-refractivity contribution in [3.8, 4) is 17.2 Å². The first-order chi connectivity index (χ1) is 15.1. The molecule has 1 aliphatic rings. The largest absolute Gasteiger partial charge is 0.504 e. The monoisotopic (exact) mass is 420 g/mol. The van der Waals surface area contributed by atoms with Crippen LogP contribution in [0.1, 0.15) is 35.8 Å². The molecule has 0 saturated carbocycles. The van der Waals surface area contributed by atoms with Gasteiger partial charge in [-0.15, -0.1) is 0 Å². The Balaban J connectivity index is 1.77. The van der Waals surface area contributed by atoms with Crippen LogP contribution in [0.3, 0.4) is 0 Å². The van der Waals surface area contributed by atoms with Crippen molar-refractivity contribution in [1.29, 1.82) is 0 Å². The molecule has 0 aromatic heterocycles. The third kappa shape index (κ3) is 4.34. The van der Waals surface area contributed by atoms with E-state index in [0.29, 0.717) is 23.5 Å². The van der Waals surface area contributed by atoms with E-state index in [1.807, 2.05) is 49.4 Å². The quantitative estimate of drug-likeness (QED) is 0.529. The van der Waals surface area contributed by atoms with Crippen LogP contribution in [-0.4, -0.2) is 18.8 Å². The molecule has 0 radical (unpaired) electrons. The van der Waals surface area contributed by atoms with Crippen LogP contribution in [0.15, 0.2) is 72.8 Å². The van der Waals surface area contributed by atoms with Crippen LogP contribution in [-0.2, 0) is 0 Å². The lowest BCUT2D eigenvalue weighted by atomic mass is 9.97. The van der Waals surface area contributed by atoms with E-state index in [-0.39, 0.29) is 17.6 Å². The van der Waals surface area contributed by atoms with Crippen molar-refractivity contribution in [2.45, 2.75) is 19.1 Å². The van der Waals surface area contributed by atoms with E-state index >= 15 is 0 Å². The number of halogens is 1. The Morgan fingerprint density at radius 3 is 2.42 bits per heavy atom. The molecule has 0 aliphatic carbocycles. The van der Waals surface area contributed by atoms with Gasteiger partial charge in [-0.1, -0.05) is 30.3 Å². The Labute approximate surface area is 181 Å². The van der Waals surface area contributed by atoms with Crippen molar-refractivity contribution in [3.63, 3.8) is 0 Å². The SMILES string of the molecule is CCOc1cccc(C2C=C(c3ccc(OC)cc3)NC(c3ccccc3F)N2)c1O. The molecule has 0 amide bonds. The molecule has 1 heterocycles. The predicted octanol–water partition coefficient (Wildman–Crippen LogP) is 4.91. The summed E-state index contributed by atoms with van der Waals surface area (Å²) in [5, 5.41) is 17.6. The van der Waals surface area contributed by atoms with Crippen LogP contribution in [0, 0.1) is 5.82 Å². The Hall–Kier alpha value is -3.51. The van der Waals surface area contributed by atoms with E-state index in [4.69, 9.17) is 9.47 Å². The molecule has 0 saturated heterocycles. The summed E-state index contributed by atoms with van der Waals surface area (Å²) >= 11 is 0. The maximum absolute atomic E-state index is 14.6. The maximum Gasteiger partial charge on any atom is 0.162 e. The van der Waals surface area contributed by atoms with Crippen molar-refractivity contribution in [1.82, 2.24) is 10.6 Å². The van der Waals surface area contributed by atoms with Crippen molar-refractivity contribution in [2.24, 2.45) is 0 Å². The number of hydrogen-bond acceptors (Lipinski definition) is 5. The van der Waals surface area contributed by atoms with Gasteiger partial charge in [0.05, 0.1) is 19.8 Å². The molecule has 160 valence electrons. The number of ether oxygens (including phenoxy) is 2. The minimum atomic E-state index is -0.497. The van der Waals surface area contributed by atoms with Crippen LogP contribution in [0.2, 0.25) is 0 Å². The topological polar surface area (TPSA) is 62.8 Å². The molecular weight excluding hydrogens is 395 g/mol. The van der Waals surface area contributed by atoms with Gasteiger partial charge in [0.15, 0.2) is 11.5 Å². The molecule has 1 aliphatic heterocycles. The molecule has 5 nitrogen and oxygen atoms in total. The molecule has 2 unspecified atom stereocenters. The molecule has 6 heteroatoms. The number of para-hydroxylation sites is 1. The van der Waals surface area contributed by atoms with Gasteiger partial charge in [-0.3, -0.25) is 5.32 Å². The zero-order valence-corrected chi connectivity index (χ0v) is 17.4. The molecule has 4 rings (SSSR count). The minimum absolute atomic E-state index is 0.0707. The van der Waals surface area contributed by atoms with Crippen LogP contribution in [0.25, 0.3) is 5.70 Å². The first-order valence-electron chi connectivity index (χ1n) is 10.2. The average Bonchev–Trinajstić information content (AvgIpc) is 2.80.